The van der Waals surface area contributed by atoms with Crippen LogP contribution in [0.5, 0.6) is 11.5 Å². The van der Waals surface area contributed by atoms with Crippen LogP contribution in [0.4, 0.5) is 0 Å². The van der Waals surface area contributed by atoms with Crippen molar-refractivity contribution in [2.24, 2.45) is 0 Å². The van der Waals surface area contributed by atoms with E-state index in [2.05, 4.69) is 22.4 Å². The Kier molecular flexibility index (Phi) is 7.54. The molecule has 5 nitrogen and oxygen atoms in total. The molecule has 1 fully saturated rings. The van der Waals surface area contributed by atoms with Crippen LogP contribution in [0, 0.1) is 0 Å². The normalized spacial score (nSPS) is 14.9. The van der Waals surface area contributed by atoms with Crippen molar-refractivity contribution in [1.82, 2.24) is 9.80 Å². The minimum Gasteiger partial charge on any atom is -0.490 e. The van der Waals surface area contributed by atoms with Crippen LogP contribution in [0.1, 0.15) is 24.6 Å². The van der Waals surface area contributed by atoms with E-state index in [0.29, 0.717) is 26.1 Å². The summed E-state index contributed by atoms with van der Waals surface area (Å²) < 4.78 is 11.4. The van der Waals surface area contributed by atoms with Crippen LogP contribution < -0.4 is 9.47 Å². The fraction of sp³-hybridized carbons (Fsp3) is 0.476. The maximum absolute atomic E-state index is 12.4. The van der Waals surface area contributed by atoms with E-state index in [1.807, 2.05) is 36.1 Å². The highest BCUT2D eigenvalue weighted by Crippen LogP contribution is 2.26. The molecule has 0 unspecified atom stereocenters. The number of carbonyl (C=O) groups is 1. The monoisotopic (exact) mass is 388 g/mol. The van der Waals surface area contributed by atoms with Gasteiger partial charge in [-0.25, -0.2) is 0 Å². The molecule has 1 aromatic carbocycles. The quantitative estimate of drug-likeness (QED) is 0.615. The molecule has 1 aliphatic rings. The molecule has 2 aromatic rings. The van der Waals surface area contributed by atoms with Crippen molar-refractivity contribution in [2.75, 3.05) is 39.4 Å². The summed E-state index contributed by atoms with van der Waals surface area (Å²) in [7, 11) is 0. The number of amides is 1. The number of benzene rings is 1. The van der Waals surface area contributed by atoms with E-state index in [1.54, 1.807) is 11.3 Å². The molecule has 0 radical (unpaired) electrons. The molecule has 0 N–H and O–H groups in total. The third-order valence-electron chi connectivity index (χ3n) is 4.63. The minimum atomic E-state index is 0.229. The first-order valence-electron chi connectivity index (χ1n) is 9.63. The Balaban J connectivity index is 1.34. The Morgan fingerprint density at radius 1 is 1.04 bits per heavy atom. The van der Waals surface area contributed by atoms with Gasteiger partial charge in [0.25, 0.3) is 0 Å². The first kappa shape index (κ1) is 19.7. The standard InChI is InChI=1S/C21H28N2O3S/c1-2-25-19-8-3-4-9-20(19)26-15-5-10-21(24)23-13-11-22(12-14-23)17-18-7-6-16-27-18/h3-4,6-9,16H,2,5,10-15,17H2,1H3. The molecule has 0 spiro atoms. The summed E-state index contributed by atoms with van der Waals surface area (Å²) in [6.07, 6.45) is 1.25. The van der Waals surface area contributed by atoms with Crippen LogP contribution in [0.25, 0.3) is 0 Å². The predicted molar refractivity (Wildman–Crippen MR) is 109 cm³/mol. The fourth-order valence-corrected chi connectivity index (χ4v) is 3.93. The van der Waals surface area contributed by atoms with E-state index < -0.39 is 0 Å². The lowest BCUT2D eigenvalue weighted by atomic mass is 10.2. The number of carbonyl (C=O) groups excluding carboxylic acids is 1. The molecule has 1 saturated heterocycles. The third kappa shape index (κ3) is 5.97. The number of ether oxygens (including phenoxy) is 2. The zero-order valence-electron chi connectivity index (χ0n) is 15.9. The Hall–Kier alpha value is -2.05. The van der Waals surface area contributed by atoms with Crippen molar-refractivity contribution in [3.8, 4) is 11.5 Å². The smallest absolute Gasteiger partial charge is 0.222 e. The first-order valence-corrected chi connectivity index (χ1v) is 10.5. The van der Waals surface area contributed by atoms with Gasteiger partial charge in [0.1, 0.15) is 0 Å². The predicted octanol–water partition coefficient (Wildman–Crippen LogP) is 3.65. The van der Waals surface area contributed by atoms with Crippen LogP contribution in [0.2, 0.25) is 0 Å². The van der Waals surface area contributed by atoms with Crippen LogP contribution in [0.3, 0.4) is 0 Å². The van der Waals surface area contributed by atoms with E-state index in [0.717, 1.165) is 44.2 Å². The van der Waals surface area contributed by atoms with E-state index in [1.165, 1.54) is 4.88 Å². The number of piperazine rings is 1. The molecule has 3 rings (SSSR count). The summed E-state index contributed by atoms with van der Waals surface area (Å²) in [5.41, 5.74) is 0. The number of para-hydroxylation sites is 2. The van der Waals surface area contributed by atoms with Gasteiger partial charge in [0.05, 0.1) is 13.2 Å². The summed E-state index contributed by atoms with van der Waals surface area (Å²) in [5.74, 6) is 1.73. The Morgan fingerprint density at radius 3 is 2.44 bits per heavy atom. The minimum absolute atomic E-state index is 0.229. The van der Waals surface area contributed by atoms with Crippen LogP contribution in [0.15, 0.2) is 41.8 Å². The summed E-state index contributed by atoms with van der Waals surface area (Å²) in [6, 6.07) is 11.9. The van der Waals surface area contributed by atoms with Gasteiger partial charge >= 0.3 is 0 Å². The van der Waals surface area contributed by atoms with Crippen LogP contribution in [-0.4, -0.2) is 55.1 Å². The topological polar surface area (TPSA) is 42.0 Å². The molecule has 6 heteroatoms. The second-order valence-electron chi connectivity index (χ2n) is 6.57. The lowest BCUT2D eigenvalue weighted by molar-refractivity contribution is -0.133. The van der Waals surface area contributed by atoms with Gasteiger partial charge in [-0.05, 0) is 36.9 Å². The summed E-state index contributed by atoms with van der Waals surface area (Å²) in [4.78, 5) is 18.2. The highest BCUT2D eigenvalue weighted by Gasteiger charge is 2.21. The molecule has 27 heavy (non-hydrogen) atoms. The highest BCUT2D eigenvalue weighted by atomic mass is 32.1. The van der Waals surface area contributed by atoms with Gasteiger partial charge in [-0.15, -0.1) is 11.3 Å². The molecular formula is C21H28N2O3S. The molecule has 0 aliphatic carbocycles. The van der Waals surface area contributed by atoms with Crippen molar-refractivity contribution in [3.63, 3.8) is 0 Å². The Bertz CT molecular complexity index is 697. The number of thiophene rings is 1. The second-order valence-corrected chi connectivity index (χ2v) is 7.60. The summed E-state index contributed by atoms with van der Waals surface area (Å²) in [5, 5.41) is 2.12. The van der Waals surface area contributed by atoms with Crippen molar-refractivity contribution in [1.29, 1.82) is 0 Å². The average Bonchev–Trinajstić information content (AvgIpc) is 3.20. The van der Waals surface area contributed by atoms with Gasteiger partial charge in [0, 0.05) is 44.0 Å². The zero-order chi connectivity index (χ0) is 18.9. The fourth-order valence-electron chi connectivity index (χ4n) is 3.19. The molecule has 2 heterocycles. The molecule has 0 atom stereocenters. The van der Waals surface area contributed by atoms with Gasteiger partial charge in [-0.3, -0.25) is 9.69 Å². The first-order chi connectivity index (χ1) is 13.3. The van der Waals surface area contributed by atoms with Crippen molar-refractivity contribution in [3.05, 3.63) is 46.7 Å². The lowest BCUT2D eigenvalue weighted by Crippen LogP contribution is -2.48. The molecule has 1 aromatic heterocycles. The second kappa shape index (κ2) is 10.3. The van der Waals surface area contributed by atoms with E-state index in [-0.39, 0.29) is 5.91 Å². The maximum Gasteiger partial charge on any atom is 0.222 e. The number of nitrogens with zero attached hydrogens (tertiary/aromatic N) is 2. The highest BCUT2D eigenvalue weighted by molar-refractivity contribution is 7.09. The van der Waals surface area contributed by atoms with Gasteiger partial charge in [0.15, 0.2) is 11.5 Å². The molecule has 1 aliphatic heterocycles. The Labute approximate surface area is 165 Å². The maximum atomic E-state index is 12.4. The molecule has 0 saturated carbocycles. The molecule has 1 amide bonds. The zero-order valence-corrected chi connectivity index (χ0v) is 16.7. The number of hydrogen-bond acceptors (Lipinski definition) is 5. The molecule has 146 valence electrons. The van der Waals surface area contributed by atoms with E-state index in [4.69, 9.17) is 9.47 Å². The molecule has 0 bridgehead atoms. The Morgan fingerprint density at radius 2 is 1.78 bits per heavy atom. The van der Waals surface area contributed by atoms with E-state index >= 15 is 0 Å². The van der Waals surface area contributed by atoms with Crippen molar-refractivity contribution < 1.29 is 14.3 Å². The van der Waals surface area contributed by atoms with E-state index in [9.17, 15) is 4.79 Å². The van der Waals surface area contributed by atoms with Crippen molar-refractivity contribution in [2.45, 2.75) is 26.3 Å². The van der Waals surface area contributed by atoms with Crippen molar-refractivity contribution >= 4 is 17.2 Å². The molecular weight excluding hydrogens is 360 g/mol. The van der Waals surface area contributed by atoms with Gasteiger partial charge < -0.3 is 14.4 Å². The number of rotatable bonds is 9. The summed E-state index contributed by atoms with van der Waals surface area (Å²) in [6.45, 7) is 7.61. The lowest BCUT2D eigenvalue weighted by Gasteiger charge is -2.34. The average molecular weight is 389 g/mol. The summed E-state index contributed by atoms with van der Waals surface area (Å²) >= 11 is 1.79. The van der Waals surface area contributed by atoms with Gasteiger partial charge in [0.2, 0.25) is 5.91 Å². The largest absolute Gasteiger partial charge is 0.490 e. The van der Waals surface area contributed by atoms with Gasteiger partial charge in [-0.1, -0.05) is 18.2 Å². The van der Waals surface area contributed by atoms with Crippen LogP contribution in [-0.2, 0) is 11.3 Å². The number of hydrogen-bond donors (Lipinski definition) is 0. The third-order valence-corrected chi connectivity index (χ3v) is 5.49. The SMILES string of the molecule is CCOc1ccccc1OCCCC(=O)N1CCN(Cc2cccs2)CC1. The van der Waals surface area contributed by atoms with Crippen LogP contribution >= 0.6 is 11.3 Å². The van der Waals surface area contributed by atoms with Gasteiger partial charge in [-0.2, -0.15) is 0 Å².